The standard InChI is InChI=1S/C24H30FNO2Si/c1-23(2,3)29(20-10-6-4-7-11-20,21-12-8-5-9-13-21)28-18-24-15-14-22(27)26(24)17-19(25)16-24/h4-13,19H,14-18H2,1-3H3/t19-,24+/m0/s1/i18D2,19D. The number of nitrogens with zero attached hydrogens (tertiary/aromatic N) is 1. The first-order valence-electron chi connectivity index (χ1n) is 11.7. The van der Waals surface area contributed by atoms with E-state index in [1.165, 1.54) is 4.90 Å². The van der Waals surface area contributed by atoms with E-state index in [0.29, 0.717) is 0 Å². The average Bonchev–Trinajstić information content (AvgIpc) is 3.19. The van der Waals surface area contributed by atoms with Crippen LogP contribution in [0.15, 0.2) is 60.7 Å². The molecule has 2 fully saturated rings. The zero-order valence-corrected chi connectivity index (χ0v) is 18.2. The molecule has 1 amide bonds. The number of amides is 1. The number of hydrogen-bond acceptors (Lipinski definition) is 2. The number of benzene rings is 2. The Morgan fingerprint density at radius 2 is 1.72 bits per heavy atom. The molecule has 4 rings (SSSR count). The fourth-order valence-corrected chi connectivity index (χ4v) is 9.03. The summed E-state index contributed by atoms with van der Waals surface area (Å²) in [5.41, 5.74) is -1.49. The van der Waals surface area contributed by atoms with Crippen molar-refractivity contribution in [2.45, 2.75) is 56.8 Å². The Hall–Kier alpha value is -1.98. The first-order chi connectivity index (χ1) is 14.8. The summed E-state index contributed by atoms with van der Waals surface area (Å²) in [6, 6.07) is 19.4. The van der Waals surface area contributed by atoms with E-state index in [1.54, 1.807) is 0 Å². The molecule has 2 saturated heterocycles. The van der Waals surface area contributed by atoms with Gasteiger partial charge in [-0.15, -0.1) is 0 Å². The highest BCUT2D eigenvalue weighted by atomic mass is 28.4. The Morgan fingerprint density at radius 3 is 2.24 bits per heavy atom. The van der Waals surface area contributed by atoms with Gasteiger partial charge in [0.1, 0.15) is 6.15 Å². The first kappa shape index (κ1) is 16.8. The van der Waals surface area contributed by atoms with Crippen LogP contribution in [0.5, 0.6) is 0 Å². The SMILES string of the molecule is [2H]C([2H])(O[Si](c1ccccc1)(c1ccccc1)C(C)(C)C)[C@]12CCC(=O)N1C[C@@]([2H])(F)C2. The van der Waals surface area contributed by atoms with E-state index < -0.39 is 44.6 Å². The fraction of sp³-hybridized carbons (Fsp3) is 0.458. The van der Waals surface area contributed by atoms with Gasteiger partial charge in [-0.1, -0.05) is 81.4 Å². The summed E-state index contributed by atoms with van der Waals surface area (Å²) < 4.78 is 47.9. The van der Waals surface area contributed by atoms with Crippen LogP contribution in [-0.4, -0.2) is 43.9 Å². The van der Waals surface area contributed by atoms with Crippen LogP contribution in [0.1, 0.15) is 44.1 Å². The monoisotopic (exact) mass is 414 g/mol. The maximum atomic E-state index is 14.9. The summed E-state index contributed by atoms with van der Waals surface area (Å²) >= 11 is 0. The van der Waals surface area contributed by atoms with E-state index in [-0.39, 0.29) is 18.7 Å². The molecule has 2 aliphatic rings. The van der Waals surface area contributed by atoms with Crippen LogP contribution in [0.3, 0.4) is 0 Å². The number of carbonyl (C=O) groups excluding carboxylic acids is 1. The highest BCUT2D eigenvalue weighted by Crippen LogP contribution is 2.43. The maximum absolute atomic E-state index is 14.9. The zero-order chi connectivity index (χ0) is 23.4. The summed E-state index contributed by atoms with van der Waals surface area (Å²) in [4.78, 5) is 13.8. The van der Waals surface area contributed by atoms with E-state index in [4.69, 9.17) is 5.80 Å². The van der Waals surface area contributed by atoms with E-state index in [2.05, 4.69) is 0 Å². The molecule has 2 heterocycles. The molecular formula is C24H30FNO2Si. The molecule has 0 spiro atoms. The number of alkyl halides is 1. The number of hydrogen-bond donors (Lipinski definition) is 0. The highest BCUT2D eigenvalue weighted by molar-refractivity contribution is 6.99. The average molecular weight is 415 g/mol. The highest BCUT2D eigenvalue weighted by Gasteiger charge is 2.56. The quantitative estimate of drug-likeness (QED) is 0.699. The molecule has 2 aromatic rings. The van der Waals surface area contributed by atoms with E-state index in [9.17, 15) is 11.9 Å². The first-order valence-corrected chi connectivity index (χ1v) is 12.1. The van der Waals surface area contributed by atoms with Crippen LogP contribution in [0, 0.1) is 0 Å². The van der Waals surface area contributed by atoms with E-state index in [1.807, 2.05) is 81.4 Å². The van der Waals surface area contributed by atoms with Crippen molar-refractivity contribution in [3.8, 4) is 0 Å². The zero-order valence-electron chi connectivity index (χ0n) is 20.2. The van der Waals surface area contributed by atoms with Crippen molar-refractivity contribution in [2.24, 2.45) is 0 Å². The minimum atomic E-state index is -3.28. The van der Waals surface area contributed by atoms with Crippen molar-refractivity contribution in [1.82, 2.24) is 4.90 Å². The Morgan fingerprint density at radius 1 is 1.17 bits per heavy atom. The third-order valence-electron chi connectivity index (χ3n) is 6.20. The van der Waals surface area contributed by atoms with Gasteiger partial charge in [0.15, 0.2) is 0 Å². The van der Waals surface area contributed by atoms with Crippen molar-refractivity contribution in [2.75, 3.05) is 13.1 Å². The molecule has 2 atom stereocenters. The minimum absolute atomic E-state index is 0.139. The molecule has 154 valence electrons. The van der Waals surface area contributed by atoms with Gasteiger partial charge in [0.25, 0.3) is 8.32 Å². The Balaban J connectivity index is 1.91. The van der Waals surface area contributed by atoms with Crippen molar-refractivity contribution in [3.63, 3.8) is 0 Å². The second-order valence-corrected chi connectivity index (χ2v) is 13.3. The van der Waals surface area contributed by atoms with Crippen molar-refractivity contribution >= 4 is 24.6 Å². The third kappa shape index (κ3) is 3.34. The molecule has 0 aliphatic carbocycles. The van der Waals surface area contributed by atoms with Crippen molar-refractivity contribution in [1.29, 1.82) is 0 Å². The Kier molecular flexibility index (Phi) is 4.26. The third-order valence-corrected chi connectivity index (χ3v) is 11.0. The summed E-state index contributed by atoms with van der Waals surface area (Å²) in [5.74, 6) is -0.313. The lowest BCUT2D eigenvalue weighted by Gasteiger charge is -2.45. The topological polar surface area (TPSA) is 29.5 Å². The van der Waals surface area contributed by atoms with Gasteiger partial charge in [-0.3, -0.25) is 4.79 Å². The van der Waals surface area contributed by atoms with Gasteiger partial charge in [0.05, 0.1) is 22.8 Å². The second kappa shape index (κ2) is 7.37. The lowest BCUT2D eigenvalue weighted by Crippen LogP contribution is -2.68. The summed E-state index contributed by atoms with van der Waals surface area (Å²) in [6.07, 6.45) is -2.50. The normalized spacial score (nSPS) is 29.3. The van der Waals surface area contributed by atoms with E-state index in [0.717, 1.165) is 10.4 Å². The summed E-state index contributed by atoms with van der Waals surface area (Å²) in [6.45, 7) is 3.37. The van der Waals surface area contributed by atoms with Gasteiger partial charge >= 0.3 is 0 Å². The molecule has 0 N–H and O–H groups in total. The molecule has 2 aromatic carbocycles. The van der Waals surface area contributed by atoms with Gasteiger partial charge in [0, 0.05) is 12.8 Å². The molecule has 3 nitrogen and oxygen atoms in total. The molecule has 0 unspecified atom stereocenters. The van der Waals surface area contributed by atoms with Gasteiger partial charge in [-0.05, 0) is 21.8 Å². The van der Waals surface area contributed by atoms with Crippen LogP contribution >= 0.6 is 0 Å². The Labute approximate surface area is 178 Å². The van der Waals surface area contributed by atoms with Crippen LogP contribution in [0.25, 0.3) is 0 Å². The molecule has 5 heteroatoms. The van der Waals surface area contributed by atoms with Gasteiger partial charge < -0.3 is 9.33 Å². The minimum Gasteiger partial charge on any atom is -0.405 e. The lowest BCUT2D eigenvalue weighted by molar-refractivity contribution is -0.130. The summed E-state index contributed by atoms with van der Waals surface area (Å²) in [5, 5.41) is 1.34. The van der Waals surface area contributed by atoms with Crippen LogP contribution < -0.4 is 10.4 Å². The van der Waals surface area contributed by atoms with Gasteiger partial charge in [-0.2, -0.15) is 0 Å². The van der Waals surface area contributed by atoms with Crippen LogP contribution in [-0.2, 0) is 9.22 Å². The predicted octanol–water partition coefficient (Wildman–Crippen LogP) is 3.67. The molecule has 0 bridgehead atoms. The molecule has 2 aliphatic heterocycles. The largest absolute Gasteiger partial charge is 0.405 e. The molecule has 29 heavy (non-hydrogen) atoms. The van der Waals surface area contributed by atoms with E-state index >= 15 is 0 Å². The van der Waals surface area contributed by atoms with Crippen LogP contribution in [0.2, 0.25) is 5.04 Å². The van der Waals surface area contributed by atoms with Crippen molar-refractivity contribution in [3.05, 3.63) is 60.7 Å². The van der Waals surface area contributed by atoms with Gasteiger partial charge in [-0.25, -0.2) is 4.39 Å². The van der Waals surface area contributed by atoms with Gasteiger partial charge in [0.2, 0.25) is 5.91 Å². The smallest absolute Gasteiger partial charge is 0.261 e. The number of halogens is 1. The number of carbonyl (C=O) groups is 1. The number of rotatable bonds is 5. The molecule has 0 saturated carbocycles. The van der Waals surface area contributed by atoms with Crippen molar-refractivity contribution < 1.29 is 17.7 Å². The maximum Gasteiger partial charge on any atom is 0.261 e. The Bertz CT molecular complexity index is 958. The molecular weight excluding hydrogens is 381 g/mol. The second-order valence-electron chi connectivity index (χ2n) is 9.07. The molecule has 0 radical (unpaired) electrons. The fourth-order valence-electron chi connectivity index (χ4n) is 4.75. The predicted molar refractivity (Wildman–Crippen MR) is 117 cm³/mol. The lowest BCUT2D eigenvalue weighted by atomic mass is 9.95. The van der Waals surface area contributed by atoms with Crippen LogP contribution in [0.4, 0.5) is 4.39 Å². The summed E-state index contributed by atoms with van der Waals surface area (Å²) in [7, 11) is -3.28. The molecule has 0 aromatic heterocycles. The number of fused-ring (bicyclic) bond motifs is 1.